The van der Waals surface area contributed by atoms with Crippen LogP contribution in [-0.4, -0.2) is 59.7 Å². The van der Waals surface area contributed by atoms with E-state index in [4.69, 9.17) is 21.1 Å². The van der Waals surface area contributed by atoms with Crippen molar-refractivity contribution < 1.29 is 27.5 Å². The molecule has 1 fully saturated rings. The molecule has 1 amide bonds. The van der Waals surface area contributed by atoms with Gasteiger partial charge in [0.1, 0.15) is 17.4 Å². The molecule has 0 radical (unpaired) electrons. The Morgan fingerprint density at radius 3 is 2.67 bits per heavy atom. The zero-order chi connectivity index (χ0) is 24.4. The number of hydrogen-bond donors (Lipinski definition) is 1. The molecule has 1 atom stereocenters. The Hall–Kier alpha value is -2.79. The molecule has 10 nitrogen and oxygen atoms in total. The number of likely N-dealkylation sites (tertiary alicyclic amines) is 1. The van der Waals surface area contributed by atoms with E-state index in [-0.39, 0.29) is 34.1 Å². The third-order valence-corrected chi connectivity index (χ3v) is 6.72. The quantitative estimate of drug-likeness (QED) is 0.606. The summed E-state index contributed by atoms with van der Waals surface area (Å²) < 4.78 is 39.7. The summed E-state index contributed by atoms with van der Waals surface area (Å²) in [6, 6.07) is 5.60. The molecule has 2 heterocycles. The van der Waals surface area contributed by atoms with Crippen LogP contribution in [0.2, 0.25) is 5.15 Å². The van der Waals surface area contributed by atoms with E-state index in [1.165, 1.54) is 35.2 Å². The average molecular weight is 499 g/mol. The van der Waals surface area contributed by atoms with Crippen LogP contribution in [0, 0.1) is 0 Å². The fraction of sp³-hybridized carbons (Fsp3) is 0.476. The van der Waals surface area contributed by atoms with Gasteiger partial charge in [-0.1, -0.05) is 17.7 Å². The lowest BCUT2D eigenvalue weighted by atomic mass is 10.2. The van der Waals surface area contributed by atoms with Crippen LogP contribution in [0.3, 0.4) is 0 Å². The predicted octanol–water partition coefficient (Wildman–Crippen LogP) is 3.43. The second-order valence-corrected chi connectivity index (χ2v) is 10.7. The van der Waals surface area contributed by atoms with Crippen molar-refractivity contribution >= 4 is 39.4 Å². The molecule has 0 aliphatic carbocycles. The third kappa shape index (κ3) is 6.17. The van der Waals surface area contributed by atoms with Crippen molar-refractivity contribution in [1.29, 1.82) is 0 Å². The number of ether oxygens (including phenoxy) is 2. The van der Waals surface area contributed by atoms with Crippen molar-refractivity contribution in [3.63, 3.8) is 0 Å². The third-order valence-electron chi connectivity index (χ3n) is 4.85. The first-order valence-electron chi connectivity index (χ1n) is 10.3. The van der Waals surface area contributed by atoms with E-state index in [2.05, 4.69) is 9.71 Å². The minimum atomic E-state index is -4.05. The van der Waals surface area contributed by atoms with Gasteiger partial charge in [0.2, 0.25) is 5.03 Å². The van der Waals surface area contributed by atoms with Crippen molar-refractivity contribution in [1.82, 2.24) is 14.5 Å². The molecule has 33 heavy (non-hydrogen) atoms. The van der Waals surface area contributed by atoms with Gasteiger partial charge in [-0.15, -0.1) is 0 Å². The first-order valence-corrected chi connectivity index (χ1v) is 12.2. The smallest absolute Gasteiger partial charge is 0.410 e. The van der Waals surface area contributed by atoms with Gasteiger partial charge < -0.3 is 18.9 Å². The lowest BCUT2D eigenvalue weighted by molar-refractivity contribution is 0.0106. The number of benzene rings is 1. The SMILES string of the molecule is Cn1cnc(S(=O)(=O)Nc2cccc(C(=O)OC[C@@H]3CCCN3C(=O)OC(C)(C)C)c2)c1Cl. The van der Waals surface area contributed by atoms with Gasteiger partial charge in [0.25, 0.3) is 10.0 Å². The maximum absolute atomic E-state index is 12.6. The molecule has 12 heteroatoms. The van der Waals surface area contributed by atoms with Crippen molar-refractivity contribution in [2.75, 3.05) is 17.9 Å². The number of hydrogen-bond acceptors (Lipinski definition) is 7. The standard InChI is InChI=1S/C21H27ClN4O6S/c1-21(2,3)32-20(28)26-10-6-9-16(26)12-31-19(27)14-7-5-8-15(11-14)24-33(29,30)18-17(22)25(4)13-23-18/h5,7-8,11,13,16,24H,6,9-10,12H2,1-4H3/t16-/m0/s1. The van der Waals surface area contributed by atoms with E-state index < -0.39 is 27.7 Å². The highest BCUT2D eigenvalue weighted by atomic mass is 35.5. The molecule has 1 saturated heterocycles. The molecule has 0 unspecified atom stereocenters. The van der Waals surface area contributed by atoms with Crippen molar-refractivity contribution in [2.24, 2.45) is 7.05 Å². The Morgan fingerprint density at radius 2 is 2.03 bits per heavy atom. The predicted molar refractivity (Wildman–Crippen MR) is 122 cm³/mol. The van der Waals surface area contributed by atoms with Crippen LogP contribution in [0.1, 0.15) is 44.0 Å². The Balaban J connectivity index is 1.64. The lowest BCUT2D eigenvalue weighted by Gasteiger charge is -2.28. The van der Waals surface area contributed by atoms with Crippen LogP contribution in [0.15, 0.2) is 35.6 Å². The van der Waals surface area contributed by atoms with Crippen LogP contribution in [0.4, 0.5) is 10.5 Å². The summed E-state index contributed by atoms with van der Waals surface area (Å²) in [5, 5.41) is -0.354. The molecular weight excluding hydrogens is 472 g/mol. The van der Waals surface area contributed by atoms with Gasteiger partial charge in [0.05, 0.1) is 17.9 Å². The number of nitrogens with zero attached hydrogens (tertiary/aromatic N) is 3. The minimum Gasteiger partial charge on any atom is -0.460 e. The first-order chi connectivity index (χ1) is 15.4. The fourth-order valence-electron chi connectivity index (χ4n) is 3.31. The van der Waals surface area contributed by atoms with Gasteiger partial charge >= 0.3 is 12.1 Å². The van der Waals surface area contributed by atoms with Crippen LogP contribution >= 0.6 is 11.6 Å². The maximum atomic E-state index is 12.6. The van der Waals surface area contributed by atoms with Crippen molar-refractivity contribution in [3.05, 3.63) is 41.3 Å². The van der Waals surface area contributed by atoms with Gasteiger partial charge in [-0.05, 0) is 51.8 Å². The molecule has 1 aliphatic heterocycles. The number of rotatable bonds is 6. The number of nitrogens with one attached hydrogen (secondary N) is 1. The highest BCUT2D eigenvalue weighted by molar-refractivity contribution is 7.92. The Kier molecular flexibility index (Phi) is 7.23. The normalized spacial score (nSPS) is 16.5. The molecular formula is C21H27ClN4O6S. The molecule has 2 aromatic rings. The highest BCUT2D eigenvalue weighted by Crippen LogP contribution is 2.24. The number of amides is 1. The lowest BCUT2D eigenvalue weighted by Crippen LogP contribution is -2.42. The minimum absolute atomic E-state index is 0.0115. The second-order valence-electron chi connectivity index (χ2n) is 8.71. The zero-order valence-corrected chi connectivity index (χ0v) is 20.4. The molecule has 0 bridgehead atoms. The summed E-state index contributed by atoms with van der Waals surface area (Å²) in [4.78, 5) is 30.3. The Labute approximate surface area is 197 Å². The van der Waals surface area contributed by atoms with E-state index >= 15 is 0 Å². The zero-order valence-electron chi connectivity index (χ0n) is 18.9. The summed E-state index contributed by atoms with van der Waals surface area (Å²) in [6.07, 6.45) is 2.32. The number of imidazole rings is 1. The van der Waals surface area contributed by atoms with Crippen LogP contribution < -0.4 is 4.72 Å². The molecule has 1 aromatic heterocycles. The largest absolute Gasteiger partial charge is 0.460 e. The summed E-state index contributed by atoms with van der Waals surface area (Å²) in [5.74, 6) is -0.636. The molecule has 3 rings (SSSR count). The Morgan fingerprint density at radius 1 is 1.30 bits per heavy atom. The van der Waals surface area contributed by atoms with Gasteiger partial charge in [0.15, 0.2) is 0 Å². The fourth-order valence-corrected chi connectivity index (χ4v) is 4.80. The van der Waals surface area contributed by atoms with Crippen molar-refractivity contribution in [2.45, 2.75) is 50.3 Å². The molecule has 1 aromatic carbocycles. The number of carbonyl (C=O) groups excluding carboxylic acids is 2. The molecule has 1 N–H and O–H groups in total. The van der Waals surface area contributed by atoms with Crippen LogP contribution in [-0.2, 0) is 26.5 Å². The number of sulfonamides is 1. The molecule has 1 aliphatic rings. The Bertz CT molecular complexity index is 1140. The molecule has 180 valence electrons. The van der Waals surface area contributed by atoms with Gasteiger partial charge in [0, 0.05) is 19.3 Å². The van der Waals surface area contributed by atoms with E-state index in [1.807, 2.05) is 0 Å². The number of halogens is 1. The van der Waals surface area contributed by atoms with Gasteiger partial charge in [-0.2, -0.15) is 8.42 Å². The second kappa shape index (κ2) is 9.60. The van der Waals surface area contributed by atoms with Crippen LogP contribution in [0.5, 0.6) is 0 Å². The topological polar surface area (TPSA) is 120 Å². The average Bonchev–Trinajstić information content (AvgIpc) is 3.32. The number of anilines is 1. The molecule has 0 saturated carbocycles. The summed E-state index contributed by atoms with van der Waals surface area (Å²) in [7, 11) is -2.48. The summed E-state index contributed by atoms with van der Waals surface area (Å²) in [6.45, 7) is 5.92. The monoisotopic (exact) mass is 498 g/mol. The number of aryl methyl sites for hydroxylation is 1. The molecule has 0 spiro atoms. The number of esters is 1. The number of carbonyl (C=O) groups is 2. The van der Waals surface area contributed by atoms with E-state index in [9.17, 15) is 18.0 Å². The van der Waals surface area contributed by atoms with E-state index in [0.29, 0.717) is 13.0 Å². The van der Waals surface area contributed by atoms with Crippen LogP contribution in [0.25, 0.3) is 0 Å². The maximum Gasteiger partial charge on any atom is 0.410 e. The summed E-state index contributed by atoms with van der Waals surface area (Å²) >= 11 is 5.98. The highest BCUT2D eigenvalue weighted by Gasteiger charge is 2.33. The van der Waals surface area contributed by atoms with Gasteiger partial charge in [-0.25, -0.2) is 14.6 Å². The summed E-state index contributed by atoms with van der Waals surface area (Å²) in [5.41, 5.74) is -0.305. The van der Waals surface area contributed by atoms with E-state index in [0.717, 1.165) is 6.42 Å². The van der Waals surface area contributed by atoms with E-state index in [1.54, 1.807) is 32.7 Å². The first kappa shape index (κ1) is 24.8. The van der Waals surface area contributed by atoms with Crippen molar-refractivity contribution in [3.8, 4) is 0 Å². The number of aromatic nitrogens is 2. The van der Waals surface area contributed by atoms with Gasteiger partial charge in [-0.3, -0.25) is 4.72 Å².